The van der Waals surface area contributed by atoms with E-state index in [4.69, 9.17) is 10.5 Å². The molecule has 138 valence electrons. The fraction of sp³-hybridized carbons (Fsp3) is 0.632. The molecule has 0 aliphatic heterocycles. The zero-order valence-electron chi connectivity index (χ0n) is 15.3. The first-order valence-corrected chi connectivity index (χ1v) is 8.94. The lowest BCUT2D eigenvalue weighted by Crippen LogP contribution is -3.00. The molecule has 5 heteroatoms. The SMILES string of the molecule is CCCCC(CCCC)[NH2+]C(C)COC(=O)c1ccc(N)cc1.[Cl-]. The molecule has 0 aliphatic rings. The molecule has 1 atom stereocenters. The molecule has 0 aliphatic carbocycles. The van der Waals surface area contributed by atoms with Crippen molar-refractivity contribution in [2.75, 3.05) is 12.3 Å². The van der Waals surface area contributed by atoms with Crippen LogP contribution in [0.25, 0.3) is 0 Å². The standard InChI is InChI=1S/C19H32N2O2.ClH/c1-4-6-8-18(9-7-5-2)21-15(3)14-23-19(22)16-10-12-17(20)13-11-16;/h10-13,15,18,21H,4-9,14,20H2,1-3H3;1H. The first-order valence-electron chi connectivity index (χ1n) is 8.94. The summed E-state index contributed by atoms with van der Waals surface area (Å²) in [5.41, 5.74) is 6.83. The lowest BCUT2D eigenvalue weighted by atomic mass is 10.0. The van der Waals surface area contributed by atoms with E-state index in [1.165, 1.54) is 38.5 Å². The normalized spacial score (nSPS) is 11.8. The van der Waals surface area contributed by atoms with Crippen LogP contribution >= 0.6 is 0 Å². The lowest BCUT2D eigenvalue weighted by molar-refractivity contribution is -0.720. The van der Waals surface area contributed by atoms with Crippen molar-refractivity contribution in [1.29, 1.82) is 0 Å². The van der Waals surface area contributed by atoms with Crippen LogP contribution in [0.5, 0.6) is 0 Å². The van der Waals surface area contributed by atoms with Crippen LogP contribution in [-0.4, -0.2) is 24.7 Å². The highest BCUT2D eigenvalue weighted by Gasteiger charge is 2.17. The molecule has 0 fully saturated rings. The molecule has 0 amide bonds. The Hall–Kier alpha value is -1.26. The number of anilines is 1. The summed E-state index contributed by atoms with van der Waals surface area (Å²) in [4.78, 5) is 12.0. The smallest absolute Gasteiger partial charge is 0.338 e. The van der Waals surface area contributed by atoms with E-state index in [-0.39, 0.29) is 24.4 Å². The summed E-state index contributed by atoms with van der Waals surface area (Å²) in [7, 11) is 0. The third-order valence-corrected chi connectivity index (χ3v) is 4.08. The third kappa shape index (κ3) is 9.14. The second-order valence-electron chi connectivity index (χ2n) is 6.43. The van der Waals surface area contributed by atoms with Crippen LogP contribution in [0, 0.1) is 0 Å². The minimum absolute atomic E-state index is 0. The highest BCUT2D eigenvalue weighted by atomic mass is 35.5. The highest BCUT2D eigenvalue weighted by molar-refractivity contribution is 5.89. The summed E-state index contributed by atoms with van der Waals surface area (Å²) < 4.78 is 5.43. The minimum Gasteiger partial charge on any atom is -1.00 e. The van der Waals surface area contributed by atoms with Gasteiger partial charge in [0.05, 0.1) is 11.6 Å². The summed E-state index contributed by atoms with van der Waals surface area (Å²) >= 11 is 0. The van der Waals surface area contributed by atoms with Gasteiger partial charge in [-0.2, -0.15) is 0 Å². The number of esters is 1. The predicted octanol–water partition coefficient (Wildman–Crippen LogP) is 0.131. The minimum atomic E-state index is -0.274. The van der Waals surface area contributed by atoms with Gasteiger partial charge in [-0.05, 0) is 56.9 Å². The number of halogens is 1. The molecule has 4 nitrogen and oxygen atoms in total. The fourth-order valence-electron chi connectivity index (χ4n) is 2.70. The number of ether oxygens (including phenoxy) is 1. The van der Waals surface area contributed by atoms with Crippen molar-refractivity contribution < 1.29 is 27.3 Å². The number of hydrogen-bond acceptors (Lipinski definition) is 3. The Kier molecular flexibility index (Phi) is 12.4. The van der Waals surface area contributed by atoms with E-state index < -0.39 is 0 Å². The molecule has 1 rings (SSSR count). The lowest BCUT2D eigenvalue weighted by Gasteiger charge is -2.20. The van der Waals surface area contributed by atoms with Crippen LogP contribution < -0.4 is 23.5 Å². The van der Waals surface area contributed by atoms with Gasteiger partial charge >= 0.3 is 5.97 Å². The van der Waals surface area contributed by atoms with Crippen LogP contribution in [0.3, 0.4) is 0 Å². The van der Waals surface area contributed by atoms with Crippen LogP contribution in [0.2, 0.25) is 0 Å². The van der Waals surface area contributed by atoms with E-state index in [1.807, 2.05) is 0 Å². The molecule has 0 bridgehead atoms. The van der Waals surface area contributed by atoms with Gasteiger partial charge in [0.2, 0.25) is 0 Å². The van der Waals surface area contributed by atoms with Gasteiger partial charge in [0.15, 0.2) is 0 Å². The molecule has 1 aromatic rings. The number of carbonyl (C=O) groups excluding carboxylic acids is 1. The monoisotopic (exact) mass is 356 g/mol. The number of unbranched alkanes of at least 4 members (excludes halogenated alkanes) is 2. The first-order chi connectivity index (χ1) is 11.1. The molecule has 24 heavy (non-hydrogen) atoms. The van der Waals surface area contributed by atoms with Crippen LogP contribution in [0.1, 0.15) is 69.7 Å². The van der Waals surface area contributed by atoms with E-state index in [0.717, 1.165) is 0 Å². The Balaban J connectivity index is 0.00000529. The number of nitrogen functional groups attached to an aromatic ring is 1. The molecule has 0 heterocycles. The Labute approximate surface area is 152 Å². The number of benzene rings is 1. The molecule has 0 aromatic heterocycles. The average molecular weight is 357 g/mol. The molecule has 1 aromatic carbocycles. The second-order valence-corrected chi connectivity index (χ2v) is 6.43. The topological polar surface area (TPSA) is 68.9 Å². The molecule has 0 radical (unpaired) electrons. The Morgan fingerprint density at radius 2 is 1.67 bits per heavy atom. The summed E-state index contributed by atoms with van der Waals surface area (Å²) in [6, 6.07) is 7.77. The fourth-order valence-corrected chi connectivity index (χ4v) is 2.70. The van der Waals surface area contributed by atoms with Crippen molar-refractivity contribution in [3.8, 4) is 0 Å². The number of hydrogen-bond donors (Lipinski definition) is 2. The molecular weight excluding hydrogens is 324 g/mol. The van der Waals surface area contributed by atoms with Crippen molar-refractivity contribution in [3.05, 3.63) is 29.8 Å². The third-order valence-electron chi connectivity index (χ3n) is 4.08. The quantitative estimate of drug-likeness (QED) is 0.437. The number of quaternary nitrogens is 1. The predicted molar refractivity (Wildman–Crippen MR) is 95.4 cm³/mol. The van der Waals surface area contributed by atoms with E-state index in [0.29, 0.717) is 23.9 Å². The Bertz CT molecular complexity index is 443. The van der Waals surface area contributed by atoms with Crippen molar-refractivity contribution in [1.82, 2.24) is 0 Å². The van der Waals surface area contributed by atoms with E-state index in [9.17, 15) is 4.79 Å². The number of carbonyl (C=O) groups is 1. The van der Waals surface area contributed by atoms with Crippen LogP contribution in [0.4, 0.5) is 5.69 Å². The molecule has 0 saturated carbocycles. The molecule has 1 unspecified atom stereocenters. The van der Waals surface area contributed by atoms with Gasteiger partial charge < -0.3 is 28.2 Å². The van der Waals surface area contributed by atoms with E-state index in [2.05, 4.69) is 26.1 Å². The van der Waals surface area contributed by atoms with E-state index in [1.54, 1.807) is 24.3 Å². The van der Waals surface area contributed by atoms with Crippen molar-refractivity contribution in [2.45, 2.75) is 71.4 Å². The van der Waals surface area contributed by atoms with Crippen molar-refractivity contribution in [2.24, 2.45) is 0 Å². The largest absolute Gasteiger partial charge is 1.00 e. The Morgan fingerprint density at radius 1 is 1.12 bits per heavy atom. The molecular formula is C19H33ClN2O2. The van der Waals surface area contributed by atoms with Gasteiger partial charge in [0.25, 0.3) is 0 Å². The van der Waals surface area contributed by atoms with Crippen LogP contribution in [-0.2, 0) is 4.74 Å². The van der Waals surface area contributed by atoms with Gasteiger partial charge in [-0.3, -0.25) is 0 Å². The average Bonchev–Trinajstić information content (AvgIpc) is 2.55. The zero-order chi connectivity index (χ0) is 17.1. The summed E-state index contributed by atoms with van der Waals surface area (Å²) in [6.45, 7) is 7.03. The van der Waals surface area contributed by atoms with Gasteiger partial charge in [0, 0.05) is 5.69 Å². The number of rotatable bonds is 11. The summed E-state index contributed by atoms with van der Waals surface area (Å²) in [6.07, 6.45) is 7.49. The second kappa shape index (κ2) is 13.1. The van der Waals surface area contributed by atoms with Gasteiger partial charge in [-0.25, -0.2) is 4.79 Å². The maximum absolute atomic E-state index is 12.0. The molecule has 4 N–H and O–H groups in total. The zero-order valence-corrected chi connectivity index (χ0v) is 16.0. The van der Waals surface area contributed by atoms with Gasteiger partial charge in [0.1, 0.15) is 12.6 Å². The molecule has 0 saturated heterocycles. The van der Waals surface area contributed by atoms with Gasteiger partial charge in [-0.1, -0.05) is 26.7 Å². The summed E-state index contributed by atoms with van der Waals surface area (Å²) in [5, 5.41) is 2.38. The van der Waals surface area contributed by atoms with E-state index >= 15 is 0 Å². The number of nitrogens with two attached hydrogens (primary N) is 2. The highest BCUT2D eigenvalue weighted by Crippen LogP contribution is 2.08. The Morgan fingerprint density at radius 3 is 2.17 bits per heavy atom. The van der Waals surface area contributed by atoms with Crippen LogP contribution in [0.15, 0.2) is 24.3 Å². The maximum Gasteiger partial charge on any atom is 0.338 e. The first kappa shape index (κ1) is 22.7. The van der Waals surface area contributed by atoms with Crippen molar-refractivity contribution in [3.63, 3.8) is 0 Å². The van der Waals surface area contributed by atoms with Gasteiger partial charge in [-0.15, -0.1) is 0 Å². The summed E-state index contributed by atoms with van der Waals surface area (Å²) in [5.74, 6) is -0.274. The van der Waals surface area contributed by atoms with Crippen molar-refractivity contribution >= 4 is 11.7 Å². The maximum atomic E-state index is 12.0. The molecule has 0 spiro atoms.